The van der Waals surface area contributed by atoms with E-state index in [-0.39, 0.29) is 6.03 Å². The molecule has 0 saturated heterocycles. The first-order chi connectivity index (χ1) is 6.30. The van der Waals surface area contributed by atoms with Gasteiger partial charge < -0.3 is 10.2 Å². The fourth-order valence-corrected chi connectivity index (χ4v) is 1.75. The Hall–Kier alpha value is -0.730. The van der Waals surface area contributed by atoms with Gasteiger partial charge in [-0.05, 0) is 24.2 Å². The third kappa shape index (κ3) is 2.63. The van der Waals surface area contributed by atoms with Crippen LogP contribution in [0.3, 0.4) is 0 Å². The van der Waals surface area contributed by atoms with Crippen molar-refractivity contribution in [3.8, 4) is 0 Å². The maximum absolute atomic E-state index is 11.3. The summed E-state index contributed by atoms with van der Waals surface area (Å²) in [6.45, 7) is 6.80. The lowest BCUT2D eigenvalue weighted by atomic mass is 9.66. The molecule has 0 aliphatic heterocycles. The molecular weight excluding hydrogens is 176 g/mol. The Kier molecular flexibility index (Phi) is 3.07. The second kappa shape index (κ2) is 3.79. The van der Waals surface area contributed by atoms with E-state index in [1.165, 1.54) is 0 Å². The van der Waals surface area contributed by atoms with E-state index in [1.54, 1.807) is 19.0 Å². The lowest BCUT2D eigenvalue weighted by Gasteiger charge is -2.44. The maximum atomic E-state index is 11.3. The van der Waals surface area contributed by atoms with Gasteiger partial charge in [0.2, 0.25) is 0 Å². The zero-order valence-corrected chi connectivity index (χ0v) is 9.92. The van der Waals surface area contributed by atoms with Gasteiger partial charge in [0.25, 0.3) is 0 Å². The molecule has 0 radical (unpaired) electrons. The lowest BCUT2D eigenvalue weighted by molar-refractivity contribution is 0.0991. The van der Waals surface area contributed by atoms with Crippen LogP contribution in [0, 0.1) is 11.3 Å². The second-order valence-electron chi connectivity index (χ2n) is 5.58. The number of nitrogens with one attached hydrogen (secondary N) is 1. The van der Waals surface area contributed by atoms with Crippen molar-refractivity contribution >= 4 is 6.03 Å². The van der Waals surface area contributed by atoms with Gasteiger partial charge in [0.1, 0.15) is 0 Å². The van der Waals surface area contributed by atoms with Crippen LogP contribution in [0.1, 0.15) is 33.6 Å². The standard InChI is InChI=1S/C11H22N2O/c1-11(2,3)8-6-9(7-8)12-10(14)13(4)5/h8-9H,6-7H2,1-5H3,(H,12,14). The van der Waals surface area contributed by atoms with Crippen LogP contribution in [0.25, 0.3) is 0 Å². The van der Waals surface area contributed by atoms with Gasteiger partial charge >= 0.3 is 6.03 Å². The smallest absolute Gasteiger partial charge is 0.317 e. The highest BCUT2D eigenvalue weighted by molar-refractivity contribution is 5.73. The Morgan fingerprint density at radius 2 is 1.79 bits per heavy atom. The van der Waals surface area contributed by atoms with Gasteiger partial charge in [-0.1, -0.05) is 20.8 Å². The molecule has 0 aromatic rings. The summed E-state index contributed by atoms with van der Waals surface area (Å²) in [5.41, 5.74) is 0.388. The quantitative estimate of drug-likeness (QED) is 0.687. The van der Waals surface area contributed by atoms with Crippen LogP contribution in [0.15, 0.2) is 0 Å². The van der Waals surface area contributed by atoms with Crippen molar-refractivity contribution in [3.05, 3.63) is 0 Å². The fraction of sp³-hybridized carbons (Fsp3) is 0.909. The Balaban J connectivity index is 2.26. The summed E-state index contributed by atoms with van der Waals surface area (Å²) in [5, 5.41) is 3.00. The molecule has 0 unspecified atom stereocenters. The highest BCUT2D eigenvalue weighted by Gasteiger charge is 2.37. The SMILES string of the molecule is CN(C)C(=O)NC1CC(C(C)(C)C)C1. The monoisotopic (exact) mass is 198 g/mol. The van der Waals surface area contributed by atoms with Crippen LogP contribution in [0.4, 0.5) is 4.79 Å². The molecule has 0 atom stereocenters. The van der Waals surface area contributed by atoms with Crippen molar-refractivity contribution in [1.82, 2.24) is 10.2 Å². The predicted octanol–water partition coefficient (Wildman–Crippen LogP) is 2.08. The van der Waals surface area contributed by atoms with E-state index in [4.69, 9.17) is 0 Å². The minimum atomic E-state index is 0.0300. The average molecular weight is 198 g/mol. The second-order valence-corrected chi connectivity index (χ2v) is 5.58. The van der Waals surface area contributed by atoms with Crippen LogP contribution in [-0.2, 0) is 0 Å². The maximum Gasteiger partial charge on any atom is 0.317 e. The normalized spacial score (nSPS) is 26.6. The summed E-state index contributed by atoms with van der Waals surface area (Å²) in [4.78, 5) is 12.9. The molecular formula is C11H22N2O. The number of carbonyl (C=O) groups is 1. The van der Waals surface area contributed by atoms with E-state index in [0.29, 0.717) is 11.5 Å². The Morgan fingerprint density at radius 1 is 1.29 bits per heavy atom. The van der Waals surface area contributed by atoms with Gasteiger partial charge in [-0.2, -0.15) is 0 Å². The number of urea groups is 1. The zero-order chi connectivity index (χ0) is 10.9. The van der Waals surface area contributed by atoms with Gasteiger partial charge in [0.05, 0.1) is 0 Å². The molecule has 0 bridgehead atoms. The predicted molar refractivity (Wildman–Crippen MR) is 58.2 cm³/mol. The molecule has 82 valence electrons. The molecule has 1 aliphatic carbocycles. The van der Waals surface area contributed by atoms with Crippen molar-refractivity contribution in [2.45, 2.75) is 39.7 Å². The summed E-state index contributed by atoms with van der Waals surface area (Å²) in [7, 11) is 3.55. The molecule has 0 aromatic heterocycles. The third-order valence-corrected chi connectivity index (χ3v) is 3.10. The van der Waals surface area contributed by atoms with E-state index < -0.39 is 0 Å². The first kappa shape index (κ1) is 11.3. The van der Waals surface area contributed by atoms with Crippen LogP contribution < -0.4 is 5.32 Å². The van der Waals surface area contributed by atoms with Crippen LogP contribution in [0.2, 0.25) is 0 Å². The molecule has 3 nitrogen and oxygen atoms in total. The topological polar surface area (TPSA) is 32.3 Å². The van der Waals surface area contributed by atoms with Crippen molar-refractivity contribution in [3.63, 3.8) is 0 Å². The highest BCUT2D eigenvalue weighted by atomic mass is 16.2. The van der Waals surface area contributed by atoms with E-state index in [9.17, 15) is 4.79 Å². The molecule has 14 heavy (non-hydrogen) atoms. The number of hydrogen-bond donors (Lipinski definition) is 1. The largest absolute Gasteiger partial charge is 0.335 e. The molecule has 1 aliphatic rings. The summed E-state index contributed by atoms with van der Waals surface area (Å²) >= 11 is 0. The Bertz CT molecular complexity index is 212. The van der Waals surface area contributed by atoms with Crippen molar-refractivity contribution < 1.29 is 4.79 Å². The summed E-state index contributed by atoms with van der Waals surface area (Å²) in [6.07, 6.45) is 2.26. The molecule has 1 rings (SSSR count). The van der Waals surface area contributed by atoms with E-state index in [2.05, 4.69) is 26.1 Å². The summed E-state index contributed by atoms with van der Waals surface area (Å²) < 4.78 is 0. The first-order valence-corrected chi connectivity index (χ1v) is 5.28. The van der Waals surface area contributed by atoms with E-state index in [0.717, 1.165) is 18.8 Å². The number of carbonyl (C=O) groups excluding carboxylic acids is 1. The minimum Gasteiger partial charge on any atom is -0.335 e. The summed E-state index contributed by atoms with van der Waals surface area (Å²) in [5.74, 6) is 0.759. The molecule has 0 spiro atoms. The van der Waals surface area contributed by atoms with Crippen molar-refractivity contribution in [1.29, 1.82) is 0 Å². The highest BCUT2D eigenvalue weighted by Crippen LogP contribution is 2.41. The number of nitrogens with zero attached hydrogens (tertiary/aromatic N) is 1. The third-order valence-electron chi connectivity index (χ3n) is 3.10. The first-order valence-electron chi connectivity index (χ1n) is 5.28. The Morgan fingerprint density at radius 3 is 2.14 bits per heavy atom. The minimum absolute atomic E-state index is 0.0300. The Labute approximate surface area is 86.9 Å². The van der Waals surface area contributed by atoms with Crippen molar-refractivity contribution in [2.24, 2.45) is 11.3 Å². The molecule has 1 fully saturated rings. The van der Waals surface area contributed by atoms with E-state index in [1.807, 2.05) is 0 Å². The molecule has 1 saturated carbocycles. The van der Waals surface area contributed by atoms with Crippen LogP contribution in [-0.4, -0.2) is 31.1 Å². The molecule has 0 heterocycles. The van der Waals surface area contributed by atoms with Gasteiger partial charge in [-0.15, -0.1) is 0 Å². The van der Waals surface area contributed by atoms with E-state index >= 15 is 0 Å². The fourth-order valence-electron chi connectivity index (χ4n) is 1.75. The van der Waals surface area contributed by atoms with Crippen molar-refractivity contribution in [2.75, 3.05) is 14.1 Å². The lowest BCUT2D eigenvalue weighted by Crippen LogP contribution is -2.50. The molecule has 3 heteroatoms. The summed E-state index contributed by atoms with van der Waals surface area (Å²) in [6, 6.07) is 0.427. The molecule has 1 N–H and O–H groups in total. The van der Waals surface area contributed by atoms with Gasteiger partial charge in [0.15, 0.2) is 0 Å². The zero-order valence-electron chi connectivity index (χ0n) is 9.92. The number of hydrogen-bond acceptors (Lipinski definition) is 1. The van der Waals surface area contributed by atoms with Crippen LogP contribution >= 0.6 is 0 Å². The number of rotatable bonds is 1. The molecule has 2 amide bonds. The number of amides is 2. The average Bonchev–Trinajstić information content (AvgIpc) is 1.92. The van der Waals surface area contributed by atoms with Crippen LogP contribution in [0.5, 0.6) is 0 Å². The van der Waals surface area contributed by atoms with Gasteiger partial charge in [-0.3, -0.25) is 0 Å². The van der Waals surface area contributed by atoms with Gasteiger partial charge in [0, 0.05) is 20.1 Å². The molecule has 0 aromatic carbocycles. The van der Waals surface area contributed by atoms with Gasteiger partial charge in [-0.25, -0.2) is 4.79 Å².